The van der Waals surface area contributed by atoms with Crippen molar-refractivity contribution in [1.82, 2.24) is 10.6 Å². The molecule has 0 saturated carbocycles. The number of benzene rings is 1. The molecule has 0 fully saturated rings. The van der Waals surface area contributed by atoms with Gasteiger partial charge in [0.15, 0.2) is 5.11 Å². The van der Waals surface area contributed by atoms with Gasteiger partial charge in [-0.1, -0.05) is 22.9 Å². The van der Waals surface area contributed by atoms with Crippen LogP contribution in [0.5, 0.6) is 0 Å². The van der Waals surface area contributed by atoms with E-state index in [1.54, 1.807) is 12.1 Å². The summed E-state index contributed by atoms with van der Waals surface area (Å²) < 4.78 is 0.940. The quantitative estimate of drug-likeness (QED) is 0.843. The number of thiocarbonyl (C=S) groups is 1. The molecule has 0 atom stereocenters. The molecule has 0 aliphatic heterocycles. The van der Waals surface area contributed by atoms with Crippen molar-refractivity contribution in [1.29, 1.82) is 0 Å². The summed E-state index contributed by atoms with van der Waals surface area (Å²) in [6.45, 7) is 2.80. The van der Waals surface area contributed by atoms with E-state index in [2.05, 4.69) is 26.6 Å². The Morgan fingerprint density at radius 3 is 2.56 bits per heavy atom. The Kier molecular flexibility index (Phi) is 5.42. The van der Waals surface area contributed by atoms with Gasteiger partial charge in [0.05, 0.1) is 0 Å². The first kappa shape index (κ1) is 13.1. The molecule has 0 spiro atoms. The van der Waals surface area contributed by atoms with E-state index in [0.717, 1.165) is 17.4 Å². The summed E-state index contributed by atoms with van der Waals surface area (Å²) in [7, 11) is 0. The Morgan fingerprint density at radius 2 is 2.00 bits per heavy atom. The Labute approximate surface area is 109 Å². The van der Waals surface area contributed by atoms with Crippen LogP contribution >= 0.6 is 28.1 Å². The highest BCUT2D eigenvalue weighted by Crippen LogP contribution is 2.10. The minimum atomic E-state index is -0.193. The first-order chi connectivity index (χ1) is 7.63. The lowest BCUT2D eigenvalue weighted by Crippen LogP contribution is -2.39. The number of halogens is 1. The largest absolute Gasteiger partial charge is 0.362 e. The van der Waals surface area contributed by atoms with Gasteiger partial charge >= 0.3 is 0 Å². The van der Waals surface area contributed by atoms with Crippen LogP contribution in [0.1, 0.15) is 23.7 Å². The molecule has 0 heterocycles. The van der Waals surface area contributed by atoms with E-state index < -0.39 is 0 Å². The highest BCUT2D eigenvalue weighted by molar-refractivity contribution is 9.10. The van der Waals surface area contributed by atoms with E-state index in [4.69, 9.17) is 12.2 Å². The molecule has 3 nitrogen and oxygen atoms in total. The first-order valence-corrected chi connectivity index (χ1v) is 6.18. The third kappa shape index (κ3) is 4.28. The fourth-order valence-electron chi connectivity index (χ4n) is 1.06. The molecular formula is C11H13BrN2OS. The molecule has 0 aliphatic rings. The van der Waals surface area contributed by atoms with Gasteiger partial charge in [-0.3, -0.25) is 10.1 Å². The van der Waals surface area contributed by atoms with Crippen molar-refractivity contribution in [3.8, 4) is 0 Å². The second kappa shape index (κ2) is 6.60. The highest BCUT2D eigenvalue weighted by atomic mass is 79.9. The Bertz CT molecular complexity index is 378. The average Bonchev–Trinajstić information content (AvgIpc) is 2.27. The lowest BCUT2D eigenvalue weighted by Gasteiger charge is -2.08. The zero-order chi connectivity index (χ0) is 12.0. The van der Waals surface area contributed by atoms with Crippen LogP contribution in [0, 0.1) is 0 Å². The van der Waals surface area contributed by atoms with E-state index in [-0.39, 0.29) is 5.91 Å². The van der Waals surface area contributed by atoms with Gasteiger partial charge < -0.3 is 5.32 Å². The average molecular weight is 301 g/mol. The third-order valence-corrected chi connectivity index (χ3v) is 2.64. The van der Waals surface area contributed by atoms with Crippen molar-refractivity contribution < 1.29 is 4.79 Å². The molecule has 86 valence electrons. The maximum Gasteiger partial charge on any atom is 0.257 e. The normalized spacial score (nSPS) is 9.62. The van der Waals surface area contributed by atoms with Crippen molar-refractivity contribution >= 4 is 39.2 Å². The zero-order valence-electron chi connectivity index (χ0n) is 8.92. The predicted octanol–water partition coefficient (Wildman–Crippen LogP) is 2.46. The van der Waals surface area contributed by atoms with Gasteiger partial charge in [-0.05, 0) is 42.9 Å². The molecule has 0 aliphatic carbocycles. The van der Waals surface area contributed by atoms with E-state index in [1.165, 1.54) is 0 Å². The molecule has 16 heavy (non-hydrogen) atoms. The minimum Gasteiger partial charge on any atom is -0.362 e. The zero-order valence-corrected chi connectivity index (χ0v) is 11.3. The SMILES string of the molecule is CCCNC(=S)NC(=O)c1ccc(Br)cc1. The maximum atomic E-state index is 11.7. The van der Waals surface area contributed by atoms with Crippen LogP contribution in [0.4, 0.5) is 0 Å². The summed E-state index contributed by atoms with van der Waals surface area (Å²) in [6, 6.07) is 7.11. The molecule has 1 amide bonds. The molecule has 5 heteroatoms. The van der Waals surface area contributed by atoms with Crippen molar-refractivity contribution in [3.63, 3.8) is 0 Å². The summed E-state index contributed by atoms with van der Waals surface area (Å²) >= 11 is 8.28. The van der Waals surface area contributed by atoms with Gasteiger partial charge in [0.25, 0.3) is 5.91 Å². The fourth-order valence-corrected chi connectivity index (χ4v) is 1.52. The molecular weight excluding hydrogens is 288 g/mol. The number of carbonyl (C=O) groups is 1. The first-order valence-electron chi connectivity index (χ1n) is 4.98. The van der Waals surface area contributed by atoms with E-state index in [9.17, 15) is 4.79 Å². The lowest BCUT2D eigenvalue weighted by atomic mass is 10.2. The number of hydrogen-bond donors (Lipinski definition) is 2. The van der Waals surface area contributed by atoms with Gasteiger partial charge in [0.2, 0.25) is 0 Å². The Morgan fingerprint density at radius 1 is 1.38 bits per heavy atom. The smallest absolute Gasteiger partial charge is 0.257 e. The van der Waals surface area contributed by atoms with E-state index in [0.29, 0.717) is 10.7 Å². The van der Waals surface area contributed by atoms with Crippen molar-refractivity contribution in [2.45, 2.75) is 13.3 Å². The summed E-state index contributed by atoms with van der Waals surface area (Å²) in [5.74, 6) is -0.193. The highest BCUT2D eigenvalue weighted by Gasteiger charge is 2.06. The molecule has 2 N–H and O–H groups in total. The van der Waals surface area contributed by atoms with Gasteiger partial charge in [0, 0.05) is 16.6 Å². The Hall–Kier alpha value is -0.940. The molecule has 1 aromatic rings. The molecule has 1 aromatic carbocycles. The monoisotopic (exact) mass is 300 g/mol. The molecule has 0 saturated heterocycles. The van der Waals surface area contributed by atoms with Crippen LogP contribution in [0.25, 0.3) is 0 Å². The molecule has 0 unspecified atom stereocenters. The summed E-state index contributed by atoms with van der Waals surface area (Å²) in [6.07, 6.45) is 0.967. The van der Waals surface area contributed by atoms with E-state index >= 15 is 0 Å². The van der Waals surface area contributed by atoms with E-state index in [1.807, 2.05) is 19.1 Å². The number of nitrogens with one attached hydrogen (secondary N) is 2. The predicted molar refractivity (Wildman–Crippen MR) is 72.5 cm³/mol. The third-order valence-electron chi connectivity index (χ3n) is 1.87. The summed E-state index contributed by atoms with van der Waals surface area (Å²) in [5, 5.41) is 5.92. The number of hydrogen-bond acceptors (Lipinski definition) is 2. The Balaban J connectivity index is 2.52. The standard InChI is InChI=1S/C11H13BrN2OS/c1-2-7-13-11(16)14-10(15)8-3-5-9(12)6-4-8/h3-6H,2,7H2,1H3,(H2,13,14,15,16). The van der Waals surface area contributed by atoms with Gasteiger partial charge in [-0.2, -0.15) is 0 Å². The van der Waals surface area contributed by atoms with Gasteiger partial charge in [-0.25, -0.2) is 0 Å². The van der Waals surface area contributed by atoms with Crippen LogP contribution < -0.4 is 10.6 Å². The van der Waals surface area contributed by atoms with Crippen LogP contribution in [0.15, 0.2) is 28.7 Å². The molecule has 1 rings (SSSR count). The second-order valence-electron chi connectivity index (χ2n) is 3.22. The maximum absolute atomic E-state index is 11.7. The molecule has 0 radical (unpaired) electrons. The number of amides is 1. The number of carbonyl (C=O) groups excluding carboxylic acids is 1. The molecule has 0 bridgehead atoms. The van der Waals surface area contributed by atoms with Crippen LogP contribution in [-0.2, 0) is 0 Å². The minimum absolute atomic E-state index is 0.193. The number of rotatable bonds is 3. The fraction of sp³-hybridized carbons (Fsp3) is 0.273. The van der Waals surface area contributed by atoms with Gasteiger partial charge in [-0.15, -0.1) is 0 Å². The second-order valence-corrected chi connectivity index (χ2v) is 4.54. The van der Waals surface area contributed by atoms with Crippen LogP contribution in [-0.4, -0.2) is 17.6 Å². The summed E-state index contributed by atoms with van der Waals surface area (Å²) in [4.78, 5) is 11.7. The van der Waals surface area contributed by atoms with Crippen molar-refractivity contribution in [2.24, 2.45) is 0 Å². The summed E-state index contributed by atoms with van der Waals surface area (Å²) in [5.41, 5.74) is 0.587. The lowest BCUT2D eigenvalue weighted by molar-refractivity contribution is 0.0976. The van der Waals surface area contributed by atoms with Crippen LogP contribution in [0.2, 0.25) is 0 Å². The topological polar surface area (TPSA) is 41.1 Å². The van der Waals surface area contributed by atoms with Crippen molar-refractivity contribution in [2.75, 3.05) is 6.54 Å². The van der Waals surface area contributed by atoms with Crippen LogP contribution in [0.3, 0.4) is 0 Å². The van der Waals surface area contributed by atoms with Crippen molar-refractivity contribution in [3.05, 3.63) is 34.3 Å². The van der Waals surface area contributed by atoms with Gasteiger partial charge in [0.1, 0.15) is 0 Å². The molecule has 0 aromatic heterocycles.